The van der Waals surface area contributed by atoms with E-state index in [-0.39, 0.29) is 11.9 Å². The number of thiazole rings is 1. The van der Waals surface area contributed by atoms with E-state index in [4.69, 9.17) is 4.74 Å². The topological polar surface area (TPSA) is 107 Å². The van der Waals surface area contributed by atoms with E-state index in [1.54, 1.807) is 0 Å². The molecular weight excluding hydrogens is 478 g/mol. The molecule has 0 bridgehead atoms. The number of anilines is 1. The van der Waals surface area contributed by atoms with Crippen LogP contribution >= 0.6 is 11.3 Å². The molecule has 3 amide bonds. The van der Waals surface area contributed by atoms with E-state index in [0.29, 0.717) is 41.9 Å². The monoisotopic (exact) mass is 513 g/mol. The second-order valence-electron chi connectivity index (χ2n) is 10.4. The third-order valence-corrected chi connectivity index (χ3v) is 8.66. The van der Waals surface area contributed by atoms with Gasteiger partial charge in [0.2, 0.25) is 0 Å². The van der Waals surface area contributed by atoms with Crippen molar-refractivity contribution in [2.45, 2.75) is 52.6 Å². The van der Waals surface area contributed by atoms with Crippen molar-refractivity contribution >= 4 is 29.1 Å². The van der Waals surface area contributed by atoms with Gasteiger partial charge in [-0.15, -0.1) is 11.3 Å². The van der Waals surface area contributed by atoms with Crippen LogP contribution in [0.4, 0.5) is 10.6 Å². The number of nitrogens with zero attached hydrogens (tertiary/aromatic N) is 5. The fraction of sp³-hybridized carbons (Fsp3) is 0.600. The first-order valence-corrected chi connectivity index (χ1v) is 13.4. The Balaban J connectivity index is 1.25. The van der Waals surface area contributed by atoms with Crippen molar-refractivity contribution < 1.29 is 14.3 Å². The van der Waals surface area contributed by atoms with Gasteiger partial charge in [0, 0.05) is 44.1 Å². The largest absolute Gasteiger partial charge is 0.381 e. The molecule has 2 N–H and O–H groups in total. The Labute approximate surface area is 215 Å². The average molecular weight is 514 g/mol. The second kappa shape index (κ2) is 9.51. The molecule has 194 valence electrons. The van der Waals surface area contributed by atoms with Crippen molar-refractivity contribution in [3.63, 3.8) is 0 Å². The lowest BCUT2D eigenvalue weighted by Crippen LogP contribution is -2.54. The van der Waals surface area contributed by atoms with Crippen molar-refractivity contribution in [1.82, 2.24) is 29.9 Å². The number of aromatic nitrogens is 3. The molecule has 3 aliphatic rings. The zero-order valence-corrected chi connectivity index (χ0v) is 22.3. The normalized spacial score (nSPS) is 20.1. The maximum Gasteiger partial charge on any atom is 0.321 e. The standard InChI is InChI=1S/C25H35N7O3S/c1-15-12-31(9-8-30(15)13-18-6-10-35-11-7-18)24(34)32-14-19-21(25(32,4)5)28-29-22(19)27-23(33)20-16(2)26-17(3)36-20/h18H,1,6-14H2,2-5H3,(H2,27,28,29,33). The minimum Gasteiger partial charge on any atom is -0.381 e. The highest BCUT2D eigenvalue weighted by atomic mass is 32.1. The van der Waals surface area contributed by atoms with Crippen LogP contribution in [0.5, 0.6) is 0 Å². The van der Waals surface area contributed by atoms with Crippen molar-refractivity contribution in [3.8, 4) is 0 Å². The second-order valence-corrected chi connectivity index (χ2v) is 11.6. The third-order valence-electron chi connectivity index (χ3n) is 7.59. The van der Waals surface area contributed by atoms with Gasteiger partial charge in [-0.1, -0.05) is 6.58 Å². The van der Waals surface area contributed by atoms with Crippen molar-refractivity contribution in [1.29, 1.82) is 0 Å². The molecule has 2 aromatic heterocycles. The van der Waals surface area contributed by atoms with E-state index >= 15 is 0 Å². The number of aryl methyl sites for hydroxylation is 2. The SMILES string of the molecule is C=C1CN(C(=O)N2Cc3c(NC(=O)c4sc(C)nc4C)n[nH]c3C2(C)C)CCN1CC1CCOCC1. The highest BCUT2D eigenvalue weighted by Crippen LogP contribution is 2.41. The third kappa shape index (κ3) is 4.50. The number of urea groups is 1. The molecule has 5 heterocycles. The van der Waals surface area contributed by atoms with Crippen LogP contribution in [-0.4, -0.2) is 81.2 Å². The molecule has 10 nitrogen and oxygen atoms in total. The van der Waals surface area contributed by atoms with Gasteiger partial charge in [0.1, 0.15) is 4.88 Å². The summed E-state index contributed by atoms with van der Waals surface area (Å²) in [5.74, 6) is 0.862. The van der Waals surface area contributed by atoms with E-state index in [1.165, 1.54) is 11.3 Å². The van der Waals surface area contributed by atoms with Gasteiger partial charge in [-0.2, -0.15) is 5.10 Å². The first-order valence-electron chi connectivity index (χ1n) is 12.5. The molecule has 2 saturated heterocycles. The molecule has 0 saturated carbocycles. The number of aromatic amines is 1. The molecule has 36 heavy (non-hydrogen) atoms. The number of H-pyrrole nitrogens is 1. The molecule has 0 aliphatic carbocycles. The number of carbonyl (C=O) groups excluding carboxylic acids is 2. The molecule has 0 unspecified atom stereocenters. The maximum absolute atomic E-state index is 13.7. The number of hydrogen-bond donors (Lipinski definition) is 2. The minimum atomic E-state index is -0.583. The summed E-state index contributed by atoms with van der Waals surface area (Å²) in [5, 5.41) is 11.2. The van der Waals surface area contributed by atoms with Crippen molar-refractivity contribution in [2.75, 3.05) is 44.7 Å². The van der Waals surface area contributed by atoms with Crippen molar-refractivity contribution in [3.05, 3.63) is 39.1 Å². The van der Waals surface area contributed by atoms with Crippen LogP contribution in [0.2, 0.25) is 0 Å². The highest BCUT2D eigenvalue weighted by Gasteiger charge is 2.45. The molecule has 11 heteroatoms. The zero-order chi connectivity index (χ0) is 25.6. The van der Waals surface area contributed by atoms with Crippen LogP contribution in [0.3, 0.4) is 0 Å². The molecule has 3 aliphatic heterocycles. The number of piperazine rings is 1. The zero-order valence-electron chi connectivity index (χ0n) is 21.5. The molecule has 0 aromatic carbocycles. The number of fused-ring (bicyclic) bond motifs is 1. The van der Waals surface area contributed by atoms with Gasteiger partial charge in [0.05, 0.1) is 35.0 Å². The quantitative estimate of drug-likeness (QED) is 0.649. The van der Waals surface area contributed by atoms with Crippen LogP contribution in [0, 0.1) is 19.8 Å². The van der Waals surface area contributed by atoms with Crippen LogP contribution < -0.4 is 5.32 Å². The van der Waals surface area contributed by atoms with Gasteiger partial charge >= 0.3 is 6.03 Å². The predicted molar refractivity (Wildman–Crippen MR) is 138 cm³/mol. The predicted octanol–water partition coefficient (Wildman–Crippen LogP) is 3.46. The first-order chi connectivity index (χ1) is 17.1. The van der Waals surface area contributed by atoms with Crippen LogP contribution in [0.15, 0.2) is 12.3 Å². The van der Waals surface area contributed by atoms with E-state index in [9.17, 15) is 9.59 Å². The lowest BCUT2D eigenvalue weighted by Gasteiger charge is -2.43. The molecule has 2 aromatic rings. The molecule has 0 spiro atoms. The Bertz CT molecular complexity index is 1180. The number of nitrogens with one attached hydrogen (secondary N) is 2. The van der Waals surface area contributed by atoms with Gasteiger partial charge in [-0.3, -0.25) is 9.89 Å². The van der Waals surface area contributed by atoms with Gasteiger partial charge in [-0.25, -0.2) is 9.78 Å². The Hall–Kier alpha value is -2.92. The molecule has 0 atom stereocenters. The number of hydrogen-bond acceptors (Lipinski definition) is 7. The lowest BCUT2D eigenvalue weighted by molar-refractivity contribution is 0.0499. The maximum atomic E-state index is 13.7. The molecule has 2 fully saturated rings. The van der Waals surface area contributed by atoms with E-state index < -0.39 is 5.54 Å². The average Bonchev–Trinajstić information content (AvgIpc) is 3.48. The van der Waals surface area contributed by atoms with Gasteiger partial charge in [0.25, 0.3) is 5.91 Å². The summed E-state index contributed by atoms with van der Waals surface area (Å²) in [6, 6.07) is -0.0253. The van der Waals surface area contributed by atoms with Crippen LogP contribution in [0.25, 0.3) is 0 Å². The molecular formula is C25H35N7O3S. The number of carbonyl (C=O) groups is 2. The summed E-state index contributed by atoms with van der Waals surface area (Å²) in [5.41, 5.74) is 2.80. The summed E-state index contributed by atoms with van der Waals surface area (Å²) in [6.45, 7) is 17.0. The van der Waals surface area contributed by atoms with Crippen LogP contribution in [0.1, 0.15) is 58.3 Å². The van der Waals surface area contributed by atoms with E-state index in [0.717, 1.165) is 61.1 Å². The Morgan fingerprint density at radius 2 is 1.97 bits per heavy atom. The number of rotatable bonds is 4. The lowest BCUT2D eigenvalue weighted by atomic mass is 9.99. The minimum absolute atomic E-state index is 0.0253. The van der Waals surface area contributed by atoms with Gasteiger partial charge < -0.3 is 24.8 Å². The van der Waals surface area contributed by atoms with E-state index in [1.807, 2.05) is 37.5 Å². The Kier molecular flexibility index (Phi) is 6.54. The molecule has 5 rings (SSSR count). The fourth-order valence-electron chi connectivity index (χ4n) is 5.43. The summed E-state index contributed by atoms with van der Waals surface area (Å²) >= 11 is 1.36. The van der Waals surface area contributed by atoms with E-state index in [2.05, 4.69) is 32.0 Å². The Morgan fingerprint density at radius 3 is 2.64 bits per heavy atom. The van der Waals surface area contributed by atoms with Gasteiger partial charge in [-0.05, 0) is 46.5 Å². The Morgan fingerprint density at radius 1 is 1.22 bits per heavy atom. The number of ether oxygens (including phenoxy) is 1. The fourth-order valence-corrected chi connectivity index (χ4v) is 6.24. The molecule has 0 radical (unpaired) electrons. The summed E-state index contributed by atoms with van der Waals surface area (Å²) in [6.07, 6.45) is 2.17. The summed E-state index contributed by atoms with van der Waals surface area (Å²) in [7, 11) is 0. The highest BCUT2D eigenvalue weighted by molar-refractivity contribution is 7.13. The smallest absolute Gasteiger partial charge is 0.321 e. The first kappa shape index (κ1) is 24.8. The summed E-state index contributed by atoms with van der Waals surface area (Å²) < 4.78 is 5.49. The van der Waals surface area contributed by atoms with Crippen molar-refractivity contribution in [2.24, 2.45) is 5.92 Å². The number of amides is 3. The van der Waals surface area contributed by atoms with Crippen LogP contribution in [-0.2, 0) is 16.8 Å². The summed E-state index contributed by atoms with van der Waals surface area (Å²) in [4.78, 5) is 37.5. The van der Waals surface area contributed by atoms with Gasteiger partial charge in [0.15, 0.2) is 5.82 Å².